The molecule has 36 heavy (non-hydrogen) atoms. The van der Waals surface area contributed by atoms with Crippen molar-refractivity contribution in [3.8, 4) is 0 Å². The number of rotatable bonds is 9. The largest absolute Gasteiger partial charge is 0.451 e. The van der Waals surface area contributed by atoms with Gasteiger partial charge in [-0.15, -0.1) is 4.59 Å². The number of nitrogens with zero attached hydrogens (tertiary/aromatic N) is 2. The number of hydrogen-bond donors (Lipinski definition) is 3. The molecule has 0 radical (unpaired) electrons. The van der Waals surface area contributed by atoms with E-state index in [4.69, 9.17) is 11.6 Å². The average molecular weight is 497 g/mol. The summed E-state index contributed by atoms with van der Waals surface area (Å²) in [5.41, 5.74) is 7.87. The van der Waals surface area contributed by atoms with Gasteiger partial charge in [0.25, 0.3) is 5.91 Å². The van der Waals surface area contributed by atoms with Gasteiger partial charge in [-0.2, -0.15) is 5.84 Å². The number of amides is 4. The molecule has 4 rings (SSSR count). The number of carbonyl (C=O) groups is 4. The van der Waals surface area contributed by atoms with Gasteiger partial charge in [0.2, 0.25) is 11.7 Å². The molecule has 194 valence electrons. The van der Waals surface area contributed by atoms with E-state index in [2.05, 4.69) is 5.32 Å². The van der Waals surface area contributed by atoms with Crippen LogP contribution in [0.15, 0.2) is 35.7 Å². The van der Waals surface area contributed by atoms with E-state index in [1.165, 1.54) is 0 Å². The van der Waals surface area contributed by atoms with Crippen molar-refractivity contribution in [3.05, 3.63) is 41.2 Å². The van der Waals surface area contributed by atoms with Crippen LogP contribution in [0, 0.1) is 11.8 Å². The molecule has 4 amide bonds. The second-order valence-corrected chi connectivity index (χ2v) is 10.4. The monoisotopic (exact) mass is 496 g/mol. The van der Waals surface area contributed by atoms with Crippen LogP contribution in [0.5, 0.6) is 0 Å². The number of nitrogens with two attached hydrogens (primary N) is 2. The first-order valence-corrected chi connectivity index (χ1v) is 13.2. The van der Waals surface area contributed by atoms with Gasteiger partial charge in [0.05, 0.1) is 0 Å². The lowest BCUT2D eigenvalue weighted by Gasteiger charge is -2.38. The highest BCUT2D eigenvalue weighted by atomic mass is 16.2. The highest BCUT2D eigenvalue weighted by molar-refractivity contribution is 6.23. The summed E-state index contributed by atoms with van der Waals surface area (Å²) in [4.78, 5) is 53.3. The summed E-state index contributed by atoms with van der Waals surface area (Å²) < 4.78 is -0.792. The number of quaternary nitrogens is 1. The molecular formula is C27H38N5O4+. The lowest BCUT2D eigenvalue weighted by molar-refractivity contribution is -0.829. The maximum Gasteiger partial charge on any atom is 0.451 e. The van der Waals surface area contributed by atoms with Crippen molar-refractivity contribution in [2.45, 2.75) is 71.1 Å². The zero-order valence-electron chi connectivity index (χ0n) is 21.1. The Labute approximate surface area is 212 Å². The molecule has 1 aliphatic heterocycles. The summed E-state index contributed by atoms with van der Waals surface area (Å²) in [7, 11) is 0. The quantitative estimate of drug-likeness (QED) is 0.208. The van der Waals surface area contributed by atoms with E-state index in [0.29, 0.717) is 12.8 Å². The normalized spacial score (nSPS) is 23.6. The summed E-state index contributed by atoms with van der Waals surface area (Å²) in [6.45, 7) is 2.14. The Hall–Kier alpha value is -3.04. The number of benzene rings is 1. The van der Waals surface area contributed by atoms with E-state index >= 15 is 0 Å². The molecule has 9 heteroatoms. The van der Waals surface area contributed by atoms with Crippen LogP contribution in [0.2, 0.25) is 0 Å². The Bertz CT molecular complexity index is 1050. The molecule has 9 nitrogen and oxygen atoms in total. The molecule has 0 bridgehead atoms. The lowest BCUT2D eigenvalue weighted by atomic mass is 9.93. The minimum Gasteiger partial charge on any atom is -0.352 e. The van der Waals surface area contributed by atoms with Crippen molar-refractivity contribution in [2.24, 2.45) is 23.4 Å². The van der Waals surface area contributed by atoms with Crippen LogP contribution in [0.4, 0.5) is 10.5 Å². The number of ketones is 1. The van der Waals surface area contributed by atoms with Gasteiger partial charge in [0.15, 0.2) is 11.4 Å². The van der Waals surface area contributed by atoms with E-state index in [1.807, 2.05) is 31.2 Å². The Morgan fingerprint density at radius 3 is 2.17 bits per heavy atom. The molecule has 0 aromatic heterocycles. The molecule has 2 saturated carbocycles. The summed E-state index contributed by atoms with van der Waals surface area (Å²) in [5.74, 6) is 5.39. The maximum atomic E-state index is 13.3. The molecule has 1 atom stereocenters. The van der Waals surface area contributed by atoms with Gasteiger partial charge in [-0.1, -0.05) is 44.7 Å². The Morgan fingerprint density at radius 1 is 1.00 bits per heavy atom. The molecule has 0 saturated heterocycles. The summed E-state index contributed by atoms with van der Waals surface area (Å²) in [5, 5.41) is 2.98. The van der Waals surface area contributed by atoms with Crippen LogP contribution in [0.3, 0.4) is 0 Å². The fraction of sp³-hybridized carbons (Fsp3) is 0.556. The second kappa shape index (κ2) is 10.9. The molecule has 1 aromatic rings. The molecule has 3 aliphatic rings. The minimum atomic E-state index is -0.792. The van der Waals surface area contributed by atoms with Crippen LogP contribution < -0.4 is 16.9 Å². The topological polar surface area (TPSA) is 136 Å². The number of carbonyl (C=O) groups excluding carboxylic acids is 4. The number of anilines is 1. The van der Waals surface area contributed by atoms with Crippen LogP contribution in [0.1, 0.15) is 70.3 Å². The molecule has 2 fully saturated rings. The SMILES string of the molecule is CCCN1C(=O)C(C(=O)C2CCCC2)=C(N)[N+](N)(CCc2ccc(NC(=O)C3CCCC3)cc2)C1=O. The highest BCUT2D eigenvalue weighted by Crippen LogP contribution is 2.33. The first-order valence-electron chi connectivity index (χ1n) is 13.2. The van der Waals surface area contributed by atoms with Crippen LogP contribution in [0.25, 0.3) is 0 Å². The molecule has 1 unspecified atom stereocenters. The second-order valence-electron chi connectivity index (χ2n) is 10.4. The number of urea groups is 1. The standard InChI is InChI=1S/C27H37N5O4/c1-2-16-31-26(35)22(23(33)19-7-3-4-8-19)24(28)32(29,27(31)36)17-15-18-11-13-21(14-12-18)30-25(34)20-9-5-6-10-20/h11-14,19-20H,2-10,15-17,29H2,1H3,(H2-,28,30,33,34,35)/p+1. The molecular weight excluding hydrogens is 458 g/mol. The van der Waals surface area contributed by atoms with Crippen molar-refractivity contribution in [2.75, 3.05) is 18.4 Å². The summed E-state index contributed by atoms with van der Waals surface area (Å²) in [6, 6.07) is 6.82. The van der Waals surface area contributed by atoms with Crippen molar-refractivity contribution < 1.29 is 23.8 Å². The van der Waals surface area contributed by atoms with Crippen molar-refractivity contribution in [3.63, 3.8) is 0 Å². The van der Waals surface area contributed by atoms with Gasteiger partial charge in [-0.05, 0) is 49.8 Å². The van der Waals surface area contributed by atoms with Gasteiger partial charge in [-0.25, -0.2) is 9.69 Å². The first-order chi connectivity index (χ1) is 17.3. The van der Waals surface area contributed by atoms with Crippen LogP contribution >= 0.6 is 0 Å². The van der Waals surface area contributed by atoms with Gasteiger partial charge in [-0.3, -0.25) is 14.4 Å². The lowest BCUT2D eigenvalue weighted by Crippen LogP contribution is -2.69. The smallest absolute Gasteiger partial charge is 0.352 e. The number of imide groups is 1. The fourth-order valence-corrected chi connectivity index (χ4v) is 5.60. The zero-order valence-corrected chi connectivity index (χ0v) is 21.1. The summed E-state index contributed by atoms with van der Waals surface area (Å²) >= 11 is 0. The van der Waals surface area contributed by atoms with Gasteiger partial charge >= 0.3 is 6.03 Å². The van der Waals surface area contributed by atoms with E-state index in [-0.39, 0.29) is 48.0 Å². The van der Waals surface area contributed by atoms with Crippen LogP contribution in [-0.4, -0.2) is 46.2 Å². The molecule has 1 aromatic carbocycles. The zero-order chi connectivity index (χ0) is 25.9. The van der Waals surface area contributed by atoms with Crippen molar-refractivity contribution in [1.29, 1.82) is 0 Å². The number of hydrogen-bond acceptors (Lipinski definition) is 6. The highest BCUT2D eigenvalue weighted by Gasteiger charge is 2.53. The third kappa shape index (κ3) is 5.08. The Kier molecular flexibility index (Phi) is 7.90. The van der Waals surface area contributed by atoms with Gasteiger partial charge in [0, 0.05) is 30.5 Å². The van der Waals surface area contributed by atoms with Gasteiger partial charge < -0.3 is 11.1 Å². The predicted octanol–water partition coefficient (Wildman–Crippen LogP) is 3.35. The van der Waals surface area contributed by atoms with E-state index in [9.17, 15) is 19.2 Å². The average Bonchev–Trinajstić information content (AvgIpc) is 3.60. The molecule has 5 N–H and O–H groups in total. The minimum absolute atomic E-state index is 0.0590. The Balaban J connectivity index is 1.51. The number of Topliss-reactive ketones (excluding diaryl/α,β-unsaturated/α-hetero) is 1. The van der Waals surface area contributed by atoms with E-state index < -0.39 is 16.5 Å². The Morgan fingerprint density at radius 2 is 1.58 bits per heavy atom. The number of nitrogens with one attached hydrogen (secondary N) is 1. The van der Waals surface area contributed by atoms with E-state index in [0.717, 1.165) is 67.5 Å². The first kappa shape index (κ1) is 26.0. The molecule has 2 aliphatic carbocycles. The van der Waals surface area contributed by atoms with Crippen LogP contribution in [-0.2, 0) is 20.8 Å². The van der Waals surface area contributed by atoms with Crippen molar-refractivity contribution in [1.82, 2.24) is 4.90 Å². The maximum absolute atomic E-state index is 13.3. The summed E-state index contributed by atoms with van der Waals surface area (Å²) in [6.07, 6.45) is 8.35. The van der Waals surface area contributed by atoms with Crippen molar-refractivity contribution >= 4 is 29.3 Å². The van der Waals surface area contributed by atoms with Gasteiger partial charge in [0.1, 0.15) is 6.54 Å². The molecule has 1 heterocycles. The third-order valence-corrected chi connectivity index (χ3v) is 7.84. The predicted molar refractivity (Wildman–Crippen MR) is 136 cm³/mol. The fourth-order valence-electron chi connectivity index (χ4n) is 5.60. The van der Waals surface area contributed by atoms with E-state index in [1.54, 1.807) is 0 Å². The molecule has 0 spiro atoms. The third-order valence-electron chi connectivity index (χ3n) is 7.84.